The molecule has 0 aliphatic carbocycles. The molecule has 0 bridgehead atoms. The Balaban J connectivity index is 2.56. The summed E-state index contributed by atoms with van der Waals surface area (Å²) in [4.78, 5) is 25.4. The summed E-state index contributed by atoms with van der Waals surface area (Å²) in [6.45, 7) is 1.81. The van der Waals surface area contributed by atoms with Crippen LogP contribution in [0.25, 0.3) is 10.9 Å². The molecule has 0 saturated carbocycles. The van der Waals surface area contributed by atoms with E-state index in [4.69, 9.17) is 23.2 Å². The number of hydrogen-bond donors (Lipinski definition) is 3. The topological polar surface area (TPSA) is 82.2 Å². The SMILES string of the molecule is CCC(=O)NCc1c(C(=O)O)[nH]c2cc(Cl)cc(Cl)c12. The van der Waals surface area contributed by atoms with Gasteiger partial charge in [-0.25, -0.2) is 4.79 Å². The van der Waals surface area contributed by atoms with E-state index in [9.17, 15) is 14.7 Å². The number of nitrogens with one attached hydrogen (secondary N) is 2. The van der Waals surface area contributed by atoms with Gasteiger partial charge in [0.2, 0.25) is 5.91 Å². The van der Waals surface area contributed by atoms with E-state index in [1.54, 1.807) is 13.0 Å². The van der Waals surface area contributed by atoms with Crippen LogP contribution < -0.4 is 5.32 Å². The maximum Gasteiger partial charge on any atom is 0.352 e. The highest BCUT2D eigenvalue weighted by atomic mass is 35.5. The summed E-state index contributed by atoms with van der Waals surface area (Å²) >= 11 is 12.0. The molecule has 2 rings (SSSR count). The molecule has 7 heteroatoms. The van der Waals surface area contributed by atoms with Crippen molar-refractivity contribution in [3.8, 4) is 0 Å². The number of rotatable bonds is 4. The van der Waals surface area contributed by atoms with Gasteiger partial charge >= 0.3 is 5.97 Å². The van der Waals surface area contributed by atoms with Crippen LogP contribution >= 0.6 is 23.2 Å². The predicted molar refractivity (Wildman–Crippen MR) is 77.4 cm³/mol. The molecule has 0 spiro atoms. The van der Waals surface area contributed by atoms with Gasteiger partial charge in [-0.15, -0.1) is 0 Å². The van der Waals surface area contributed by atoms with Crippen molar-refractivity contribution in [2.24, 2.45) is 0 Å². The van der Waals surface area contributed by atoms with E-state index in [1.807, 2.05) is 0 Å². The third-order valence-corrected chi connectivity index (χ3v) is 3.43. The zero-order valence-corrected chi connectivity index (χ0v) is 12.1. The largest absolute Gasteiger partial charge is 0.477 e. The van der Waals surface area contributed by atoms with Crippen LogP contribution in [0, 0.1) is 0 Å². The number of halogens is 2. The first-order valence-corrected chi connectivity index (χ1v) is 6.69. The Bertz CT molecular complexity index is 694. The third-order valence-electron chi connectivity index (χ3n) is 2.92. The second-order valence-electron chi connectivity index (χ2n) is 4.22. The number of carboxylic acid groups (broad SMARTS) is 1. The number of hydrogen-bond acceptors (Lipinski definition) is 2. The Morgan fingerprint density at radius 1 is 1.35 bits per heavy atom. The van der Waals surface area contributed by atoms with Gasteiger partial charge in [-0.2, -0.15) is 0 Å². The van der Waals surface area contributed by atoms with Gasteiger partial charge in [0.1, 0.15) is 5.69 Å². The average Bonchev–Trinajstić information content (AvgIpc) is 2.74. The van der Waals surface area contributed by atoms with E-state index < -0.39 is 5.97 Å². The highest BCUT2D eigenvalue weighted by Crippen LogP contribution is 2.32. The Kier molecular flexibility index (Phi) is 4.20. The van der Waals surface area contributed by atoms with Gasteiger partial charge in [-0.05, 0) is 12.1 Å². The smallest absolute Gasteiger partial charge is 0.352 e. The fourth-order valence-corrected chi connectivity index (χ4v) is 2.59. The maximum absolute atomic E-state index is 11.3. The van der Waals surface area contributed by atoms with Gasteiger partial charge in [-0.1, -0.05) is 30.1 Å². The summed E-state index contributed by atoms with van der Waals surface area (Å²) in [6, 6.07) is 3.14. The number of amides is 1. The molecule has 0 unspecified atom stereocenters. The number of aromatic carboxylic acids is 1. The third kappa shape index (κ3) is 2.73. The van der Waals surface area contributed by atoms with Gasteiger partial charge in [0.15, 0.2) is 0 Å². The molecule has 0 atom stereocenters. The number of fused-ring (bicyclic) bond motifs is 1. The highest BCUT2D eigenvalue weighted by molar-refractivity contribution is 6.39. The van der Waals surface area contributed by atoms with Crippen LogP contribution in [0.4, 0.5) is 0 Å². The minimum Gasteiger partial charge on any atom is -0.477 e. The number of benzene rings is 1. The summed E-state index contributed by atoms with van der Waals surface area (Å²) < 4.78 is 0. The monoisotopic (exact) mass is 314 g/mol. The van der Waals surface area contributed by atoms with Gasteiger partial charge in [0, 0.05) is 34.5 Å². The standard InChI is InChI=1S/C13H12Cl2N2O3/c1-2-10(18)16-5-7-11-8(15)3-6(14)4-9(11)17-12(7)13(19)20/h3-4,17H,2,5H2,1H3,(H,16,18)(H,19,20). The first kappa shape index (κ1) is 14.7. The minimum absolute atomic E-state index is 0.000528. The molecule has 0 aliphatic rings. The second kappa shape index (κ2) is 5.73. The Morgan fingerprint density at radius 3 is 2.65 bits per heavy atom. The maximum atomic E-state index is 11.3. The average molecular weight is 315 g/mol. The van der Waals surface area contributed by atoms with E-state index >= 15 is 0 Å². The van der Waals surface area contributed by atoms with Crippen LogP contribution in [-0.2, 0) is 11.3 Å². The van der Waals surface area contributed by atoms with Crippen molar-refractivity contribution < 1.29 is 14.7 Å². The summed E-state index contributed by atoms with van der Waals surface area (Å²) in [6.07, 6.45) is 0.324. The van der Waals surface area contributed by atoms with Crippen molar-refractivity contribution >= 4 is 46.0 Å². The molecule has 2 aromatic rings. The lowest BCUT2D eigenvalue weighted by atomic mass is 10.1. The summed E-state index contributed by atoms with van der Waals surface area (Å²) in [7, 11) is 0. The highest BCUT2D eigenvalue weighted by Gasteiger charge is 2.19. The zero-order valence-electron chi connectivity index (χ0n) is 10.6. The first-order chi connectivity index (χ1) is 9.43. The molecule has 0 aliphatic heterocycles. The van der Waals surface area contributed by atoms with Crippen molar-refractivity contribution in [3.05, 3.63) is 33.4 Å². The van der Waals surface area contributed by atoms with E-state index in [0.717, 1.165) is 0 Å². The van der Waals surface area contributed by atoms with Crippen molar-refractivity contribution in [3.63, 3.8) is 0 Å². The molecule has 5 nitrogen and oxygen atoms in total. The Morgan fingerprint density at radius 2 is 2.05 bits per heavy atom. The van der Waals surface area contributed by atoms with Gasteiger partial charge < -0.3 is 15.4 Å². The van der Waals surface area contributed by atoms with Crippen molar-refractivity contribution in [1.82, 2.24) is 10.3 Å². The fraction of sp³-hybridized carbons (Fsp3) is 0.231. The van der Waals surface area contributed by atoms with E-state index in [-0.39, 0.29) is 18.1 Å². The van der Waals surface area contributed by atoms with Crippen LogP contribution in [0.1, 0.15) is 29.4 Å². The molecule has 0 fully saturated rings. The van der Waals surface area contributed by atoms with Crippen LogP contribution in [0.2, 0.25) is 10.0 Å². The quantitative estimate of drug-likeness (QED) is 0.810. The zero-order chi connectivity index (χ0) is 14.9. The lowest BCUT2D eigenvalue weighted by Crippen LogP contribution is -2.22. The molecule has 0 radical (unpaired) electrons. The summed E-state index contributed by atoms with van der Waals surface area (Å²) in [5.41, 5.74) is 0.970. The van der Waals surface area contributed by atoms with Crippen LogP contribution in [0.3, 0.4) is 0 Å². The summed E-state index contributed by atoms with van der Waals surface area (Å²) in [5.74, 6) is -1.28. The minimum atomic E-state index is -1.12. The number of carbonyl (C=O) groups is 2. The Labute approximate surface area is 124 Å². The van der Waals surface area contributed by atoms with Crippen molar-refractivity contribution in [2.45, 2.75) is 19.9 Å². The lowest BCUT2D eigenvalue weighted by molar-refractivity contribution is -0.120. The molecule has 1 aromatic heterocycles. The van der Waals surface area contributed by atoms with Crippen molar-refractivity contribution in [2.75, 3.05) is 0 Å². The van der Waals surface area contributed by atoms with E-state index in [2.05, 4.69) is 10.3 Å². The van der Waals surface area contributed by atoms with Gasteiger partial charge in [0.25, 0.3) is 0 Å². The van der Waals surface area contributed by atoms with Crippen LogP contribution in [0.15, 0.2) is 12.1 Å². The molecule has 20 heavy (non-hydrogen) atoms. The molecule has 1 heterocycles. The molecule has 1 aromatic carbocycles. The van der Waals surface area contributed by atoms with Gasteiger partial charge in [-0.3, -0.25) is 4.79 Å². The number of aromatic nitrogens is 1. The summed E-state index contributed by atoms with van der Waals surface area (Å²) in [5, 5.41) is 13.2. The molecule has 0 saturated heterocycles. The van der Waals surface area contributed by atoms with Gasteiger partial charge in [0.05, 0.1) is 5.02 Å². The predicted octanol–water partition coefficient (Wildman–Crippen LogP) is 3.20. The van der Waals surface area contributed by atoms with Crippen LogP contribution in [-0.4, -0.2) is 22.0 Å². The lowest BCUT2D eigenvalue weighted by Gasteiger charge is -2.05. The number of carboxylic acids is 1. The number of H-pyrrole nitrogens is 1. The number of carbonyl (C=O) groups excluding carboxylic acids is 1. The molecule has 106 valence electrons. The molecule has 3 N–H and O–H groups in total. The van der Waals surface area contributed by atoms with Crippen molar-refractivity contribution in [1.29, 1.82) is 0 Å². The molecule has 1 amide bonds. The van der Waals surface area contributed by atoms with Crippen LogP contribution in [0.5, 0.6) is 0 Å². The molecular weight excluding hydrogens is 303 g/mol. The first-order valence-electron chi connectivity index (χ1n) is 5.93. The second-order valence-corrected chi connectivity index (χ2v) is 5.07. The Hall–Kier alpha value is -1.72. The number of aromatic amines is 1. The fourth-order valence-electron chi connectivity index (χ4n) is 1.99. The van der Waals surface area contributed by atoms with E-state index in [0.29, 0.717) is 32.9 Å². The normalized spacial score (nSPS) is 10.8. The van der Waals surface area contributed by atoms with E-state index in [1.165, 1.54) is 6.07 Å². The molecular formula is C13H12Cl2N2O3.